The third kappa shape index (κ3) is 6.48. The van der Waals surface area contributed by atoms with Gasteiger partial charge in [-0.05, 0) is 30.2 Å². The van der Waals surface area contributed by atoms with Crippen molar-refractivity contribution in [2.24, 2.45) is 5.92 Å². The lowest BCUT2D eigenvalue weighted by Crippen LogP contribution is -2.49. The van der Waals surface area contributed by atoms with E-state index in [1.165, 1.54) is 5.69 Å². The van der Waals surface area contributed by atoms with E-state index in [0.29, 0.717) is 12.3 Å². The van der Waals surface area contributed by atoms with Gasteiger partial charge in [0.2, 0.25) is 5.91 Å². The highest BCUT2D eigenvalue weighted by atomic mass is 16.5. The van der Waals surface area contributed by atoms with Crippen LogP contribution in [0.15, 0.2) is 24.3 Å². The molecule has 1 aromatic rings. The normalized spacial score (nSPS) is 19.4. The van der Waals surface area contributed by atoms with Crippen molar-refractivity contribution in [2.45, 2.75) is 20.3 Å². The Hall–Kier alpha value is -1.63. The molecule has 0 aliphatic carbocycles. The van der Waals surface area contributed by atoms with Crippen LogP contribution in [0.25, 0.3) is 0 Å². The maximum Gasteiger partial charge on any atom is 0.224 e. The number of carbonyl (C=O) groups excluding carboxylic acids is 1. The van der Waals surface area contributed by atoms with Crippen molar-refractivity contribution >= 4 is 17.3 Å². The Morgan fingerprint density at radius 2 is 1.56 bits per heavy atom. The number of hydrogen-bond acceptors (Lipinski definition) is 5. The van der Waals surface area contributed by atoms with Crippen molar-refractivity contribution < 1.29 is 9.53 Å². The number of benzene rings is 1. The molecule has 1 amide bonds. The fourth-order valence-electron chi connectivity index (χ4n) is 3.68. The summed E-state index contributed by atoms with van der Waals surface area (Å²) < 4.78 is 5.42. The van der Waals surface area contributed by atoms with Gasteiger partial charge in [0.25, 0.3) is 0 Å². The Balaban J connectivity index is 1.40. The van der Waals surface area contributed by atoms with Crippen LogP contribution in [0.1, 0.15) is 20.3 Å². The Morgan fingerprint density at radius 1 is 0.963 bits per heavy atom. The molecule has 1 N–H and O–H groups in total. The van der Waals surface area contributed by atoms with Crippen molar-refractivity contribution in [1.82, 2.24) is 9.80 Å². The molecular formula is C21H34N4O2. The highest BCUT2D eigenvalue weighted by Gasteiger charge is 2.18. The number of morpholine rings is 1. The number of ether oxygens (including phenoxy) is 1. The van der Waals surface area contributed by atoms with E-state index in [2.05, 4.69) is 46.0 Å². The highest BCUT2D eigenvalue weighted by Crippen LogP contribution is 2.20. The van der Waals surface area contributed by atoms with Crippen LogP contribution in [0.3, 0.4) is 0 Å². The Morgan fingerprint density at radius 3 is 2.15 bits per heavy atom. The smallest absolute Gasteiger partial charge is 0.224 e. The van der Waals surface area contributed by atoms with E-state index in [4.69, 9.17) is 4.74 Å². The van der Waals surface area contributed by atoms with E-state index in [-0.39, 0.29) is 5.91 Å². The molecule has 2 aliphatic heterocycles. The van der Waals surface area contributed by atoms with Gasteiger partial charge in [0.1, 0.15) is 0 Å². The van der Waals surface area contributed by atoms with E-state index in [0.717, 1.165) is 71.3 Å². The van der Waals surface area contributed by atoms with E-state index in [9.17, 15) is 4.79 Å². The SMILES string of the molecule is CC(C)CC(=O)Nc1ccc(N2CCN(CCN3CCOCC3)CC2)cc1. The number of nitrogens with zero attached hydrogens (tertiary/aromatic N) is 3. The molecular weight excluding hydrogens is 340 g/mol. The minimum atomic E-state index is 0.0895. The molecule has 1 aromatic carbocycles. The summed E-state index contributed by atoms with van der Waals surface area (Å²) in [5, 5.41) is 2.98. The topological polar surface area (TPSA) is 48.1 Å². The van der Waals surface area contributed by atoms with E-state index >= 15 is 0 Å². The standard InChI is InChI=1S/C21H34N4O2/c1-18(2)17-21(26)22-19-3-5-20(6-4-19)25-11-9-23(10-12-25)7-8-24-13-15-27-16-14-24/h3-6,18H,7-17H2,1-2H3,(H,22,26). The van der Waals surface area contributed by atoms with Gasteiger partial charge in [0.05, 0.1) is 13.2 Å². The number of hydrogen-bond donors (Lipinski definition) is 1. The van der Waals surface area contributed by atoms with Crippen LogP contribution in [0.2, 0.25) is 0 Å². The minimum Gasteiger partial charge on any atom is -0.379 e. The quantitative estimate of drug-likeness (QED) is 0.792. The molecule has 2 aliphatic rings. The summed E-state index contributed by atoms with van der Waals surface area (Å²) in [6, 6.07) is 8.26. The average Bonchev–Trinajstić information content (AvgIpc) is 2.68. The summed E-state index contributed by atoms with van der Waals surface area (Å²) in [4.78, 5) is 19.4. The predicted octanol–water partition coefficient (Wildman–Crippen LogP) is 2.13. The summed E-state index contributed by atoms with van der Waals surface area (Å²) in [6.07, 6.45) is 0.564. The van der Waals surface area contributed by atoms with E-state index < -0.39 is 0 Å². The first-order chi connectivity index (χ1) is 13.1. The Labute approximate surface area is 163 Å². The van der Waals surface area contributed by atoms with Crippen LogP contribution in [0, 0.1) is 5.92 Å². The monoisotopic (exact) mass is 374 g/mol. The zero-order chi connectivity index (χ0) is 19.1. The lowest BCUT2D eigenvalue weighted by molar-refractivity contribution is -0.116. The van der Waals surface area contributed by atoms with Gasteiger partial charge in [-0.15, -0.1) is 0 Å². The van der Waals surface area contributed by atoms with Gasteiger partial charge < -0.3 is 15.0 Å². The van der Waals surface area contributed by atoms with Crippen molar-refractivity contribution in [1.29, 1.82) is 0 Å². The van der Waals surface area contributed by atoms with Gasteiger partial charge in [-0.3, -0.25) is 14.6 Å². The van der Waals surface area contributed by atoms with E-state index in [1.807, 2.05) is 12.1 Å². The number of rotatable bonds is 7. The summed E-state index contributed by atoms with van der Waals surface area (Å²) >= 11 is 0. The fourth-order valence-corrected chi connectivity index (χ4v) is 3.68. The lowest BCUT2D eigenvalue weighted by Gasteiger charge is -2.37. The Bertz CT molecular complexity index is 576. The second kappa shape index (κ2) is 10.1. The second-order valence-corrected chi connectivity index (χ2v) is 7.98. The van der Waals surface area contributed by atoms with Crippen molar-refractivity contribution in [3.05, 3.63) is 24.3 Å². The average molecular weight is 375 g/mol. The zero-order valence-corrected chi connectivity index (χ0v) is 16.8. The molecule has 0 aromatic heterocycles. The summed E-state index contributed by atoms with van der Waals surface area (Å²) in [5.41, 5.74) is 2.12. The van der Waals surface area contributed by atoms with Gasteiger partial charge in [0, 0.05) is 70.2 Å². The van der Waals surface area contributed by atoms with Crippen LogP contribution in [0.4, 0.5) is 11.4 Å². The molecule has 6 nitrogen and oxygen atoms in total. The molecule has 150 valence electrons. The molecule has 2 heterocycles. The first kappa shape index (κ1) is 20.1. The number of anilines is 2. The molecule has 0 unspecified atom stereocenters. The van der Waals surface area contributed by atoms with Crippen molar-refractivity contribution in [3.63, 3.8) is 0 Å². The van der Waals surface area contributed by atoms with Gasteiger partial charge in [-0.25, -0.2) is 0 Å². The second-order valence-electron chi connectivity index (χ2n) is 7.98. The van der Waals surface area contributed by atoms with Gasteiger partial charge in [0.15, 0.2) is 0 Å². The van der Waals surface area contributed by atoms with Crippen LogP contribution in [-0.4, -0.2) is 81.3 Å². The molecule has 2 fully saturated rings. The minimum absolute atomic E-state index is 0.0895. The summed E-state index contributed by atoms with van der Waals surface area (Å²) in [7, 11) is 0. The first-order valence-corrected chi connectivity index (χ1v) is 10.3. The van der Waals surface area contributed by atoms with Crippen molar-refractivity contribution in [3.8, 4) is 0 Å². The number of piperazine rings is 1. The summed E-state index contributed by atoms with van der Waals surface area (Å²) in [6.45, 7) is 14.6. The number of amides is 1. The zero-order valence-electron chi connectivity index (χ0n) is 16.8. The maximum atomic E-state index is 11.9. The third-order valence-electron chi connectivity index (χ3n) is 5.32. The summed E-state index contributed by atoms with van der Waals surface area (Å²) in [5.74, 6) is 0.468. The molecule has 0 atom stereocenters. The lowest BCUT2D eigenvalue weighted by atomic mass is 10.1. The molecule has 0 saturated carbocycles. The molecule has 3 rings (SSSR count). The van der Waals surface area contributed by atoms with E-state index in [1.54, 1.807) is 0 Å². The predicted molar refractivity (Wildman–Crippen MR) is 110 cm³/mol. The molecule has 0 bridgehead atoms. The molecule has 2 saturated heterocycles. The van der Waals surface area contributed by atoms with Gasteiger partial charge >= 0.3 is 0 Å². The fraction of sp³-hybridized carbons (Fsp3) is 0.667. The number of nitrogens with one attached hydrogen (secondary N) is 1. The maximum absolute atomic E-state index is 11.9. The van der Waals surface area contributed by atoms with Crippen molar-refractivity contribution in [2.75, 3.05) is 75.8 Å². The third-order valence-corrected chi connectivity index (χ3v) is 5.32. The Kier molecular flexibility index (Phi) is 7.50. The number of carbonyl (C=O) groups is 1. The largest absolute Gasteiger partial charge is 0.379 e. The van der Waals surface area contributed by atoms with Crippen LogP contribution in [-0.2, 0) is 9.53 Å². The molecule has 27 heavy (non-hydrogen) atoms. The van der Waals surface area contributed by atoms with Crippen LogP contribution in [0.5, 0.6) is 0 Å². The van der Waals surface area contributed by atoms with Crippen LogP contribution < -0.4 is 10.2 Å². The van der Waals surface area contributed by atoms with Gasteiger partial charge in [-0.2, -0.15) is 0 Å². The molecule has 0 radical (unpaired) electrons. The highest BCUT2D eigenvalue weighted by molar-refractivity contribution is 5.91. The molecule has 6 heteroatoms. The first-order valence-electron chi connectivity index (χ1n) is 10.3. The van der Waals surface area contributed by atoms with Gasteiger partial charge in [-0.1, -0.05) is 13.8 Å². The molecule has 0 spiro atoms. The van der Waals surface area contributed by atoms with Crippen LogP contribution >= 0.6 is 0 Å².